The summed E-state index contributed by atoms with van der Waals surface area (Å²) in [5.74, 6) is 1.43. The van der Waals surface area contributed by atoms with Gasteiger partial charge >= 0.3 is 0 Å². The molecule has 190 valence electrons. The van der Waals surface area contributed by atoms with Crippen molar-refractivity contribution in [3.63, 3.8) is 0 Å². The van der Waals surface area contributed by atoms with E-state index in [4.69, 9.17) is 9.47 Å². The van der Waals surface area contributed by atoms with E-state index in [0.29, 0.717) is 25.5 Å². The van der Waals surface area contributed by atoms with Gasteiger partial charge in [-0.2, -0.15) is 0 Å². The fraction of sp³-hybridized carbons (Fsp3) is 0.345. The van der Waals surface area contributed by atoms with Crippen LogP contribution in [0.15, 0.2) is 66.9 Å². The number of rotatable bonds is 9. The number of benzene rings is 2. The van der Waals surface area contributed by atoms with Crippen molar-refractivity contribution >= 4 is 12.1 Å². The van der Waals surface area contributed by atoms with Crippen LogP contribution >= 0.6 is 12.1 Å². The molecule has 1 atom stereocenters. The fourth-order valence-corrected chi connectivity index (χ4v) is 4.83. The van der Waals surface area contributed by atoms with E-state index in [1.807, 2.05) is 25.1 Å². The third-order valence-electron chi connectivity index (χ3n) is 6.09. The SMILES string of the molecule is C=C1CC(c2ccc(OCc3cccc(-c4c(C)cc(OCCC(C)(C)O)nc4C)c3)cc2)NSN1. The summed E-state index contributed by atoms with van der Waals surface area (Å²) in [6.07, 6.45) is 1.41. The Bertz CT molecular complexity index is 1180. The lowest BCUT2D eigenvalue weighted by atomic mass is 9.98. The number of pyridine rings is 1. The van der Waals surface area contributed by atoms with E-state index in [-0.39, 0.29) is 6.04 Å². The monoisotopic (exact) mass is 505 g/mol. The van der Waals surface area contributed by atoms with Gasteiger partial charge in [0, 0.05) is 54.0 Å². The Morgan fingerprint density at radius 3 is 2.58 bits per heavy atom. The van der Waals surface area contributed by atoms with Crippen LogP contribution in [0.1, 0.15) is 55.1 Å². The molecule has 0 saturated carbocycles. The number of aliphatic hydroxyl groups is 1. The molecule has 0 aliphatic carbocycles. The molecule has 1 aliphatic heterocycles. The lowest BCUT2D eigenvalue weighted by Crippen LogP contribution is -2.26. The second-order valence-electron chi connectivity index (χ2n) is 9.89. The van der Waals surface area contributed by atoms with Gasteiger partial charge in [-0.1, -0.05) is 36.9 Å². The highest BCUT2D eigenvalue weighted by molar-refractivity contribution is 7.95. The third kappa shape index (κ3) is 7.03. The minimum atomic E-state index is -0.756. The highest BCUT2D eigenvalue weighted by Gasteiger charge is 2.18. The molecule has 1 aliphatic rings. The zero-order chi connectivity index (χ0) is 25.7. The predicted octanol–water partition coefficient (Wildman–Crippen LogP) is 6.19. The molecule has 0 amide bonds. The van der Waals surface area contributed by atoms with Gasteiger partial charge in [0.2, 0.25) is 5.88 Å². The van der Waals surface area contributed by atoms with Crippen molar-refractivity contribution in [3.8, 4) is 22.8 Å². The first-order valence-electron chi connectivity index (χ1n) is 12.2. The van der Waals surface area contributed by atoms with Crippen molar-refractivity contribution in [1.82, 2.24) is 14.4 Å². The number of ether oxygens (including phenoxy) is 2. The molecular formula is C29H35N3O3S. The van der Waals surface area contributed by atoms with Crippen LogP contribution in [0.3, 0.4) is 0 Å². The number of hydrogen-bond donors (Lipinski definition) is 3. The Morgan fingerprint density at radius 1 is 1.11 bits per heavy atom. The zero-order valence-corrected chi connectivity index (χ0v) is 22.2. The van der Waals surface area contributed by atoms with E-state index in [9.17, 15) is 5.11 Å². The number of aromatic nitrogens is 1. The summed E-state index contributed by atoms with van der Waals surface area (Å²) >= 11 is 1.47. The fourth-order valence-electron chi connectivity index (χ4n) is 4.18. The molecule has 1 fully saturated rings. The van der Waals surface area contributed by atoms with Gasteiger partial charge in [0.25, 0.3) is 0 Å². The molecule has 0 spiro atoms. The quantitative estimate of drug-likeness (QED) is 0.300. The van der Waals surface area contributed by atoms with E-state index in [1.54, 1.807) is 13.8 Å². The van der Waals surface area contributed by atoms with Gasteiger partial charge in [-0.05, 0) is 68.1 Å². The molecule has 1 saturated heterocycles. The van der Waals surface area contributed by atoms with E-state index in [1.165, 1.54) is 17.7 Å². The molecule has 4 rings (SSSR count). The summed E-state index contributed by atoms with van der Waals surface area (Å²) in [5, 5.41) is 9.90. The normalized spacial score (nSPS) is 15.9. The van der Waals surface area contributed by atoms with E-state index >= 15 is 0 Å². The van der Waals surface area contributed by atoms with Crippen molar-refractivity contribution in [2.45, 2.75) is 58.8 Å². The molecule has 0 radical (unpaired) electrons. The molecule has 3 N–H and O–H groups in total. The van der Waals surface area contributed by atoms with Crippen molar-refractivity contribution in [1.29, 1.82) is 0 Å². The first-order chi connectivity index (χ1) is 17.2. The van der Waals surface area contributed by atoms with E-state index in [2.05, 4.69) is 64.3 Å². The Morgan fingerprint density at radius 2 is 1.89 bits per heavy atom. The average molecular weight is 506 g/mol. The summed E-state index contributed by atoms with van der Waals surface area (Å²) in [6, 6.07) is 18.8. The van der Waals surface area contributed by atoms with Gasteiger partial charge in [0.1, 0.15) is 12.4 Å². The molecule has 1 unspecified atom stereocenters. The van der Waals surface area contributed by atoms with Gasteiger partial charge in [0.15, 0.2) is 0 Å². The van der Waals surface area contributed by atoms with Crippen LogP contribution in [0.25, 0.3) is 11.1 Å². The smallest absolute Gasteiger partial charge is 0.213 e. The Labute approximate surface area is 218 Å². The van der Waals surface area contributed by atoms with Gasteiger partial charge < -0.3 is 19.3 Å². The predicted molar refractivity (Wildman–Crippen MR) is 147 cm³/mol. The number of aryl methyl sites for hydroxylation is 2. The average Bonchev–Trinajstić information content (AvgIpc) is 2.82. The maximum atomic E-state index is 9.90. The number of nitrogens with zero attached hydrogens (tertiary/aromatic N) is 1. The largest absolute Gasteiger partial charge is 0.489 e. The van der Waals surface area contributed by atoms with E-state index < -0.39 is 5.60 Å². The van der Waals surface area contributed by atoms with Gasteiger partial charge in [-0.3, -0.25) is 0 Å². The van der Waals surface area contributed by atoms with Gasteiger partial charge in [0.05, 0.1) is 12.2 Å². The minimum absolute atomic E-state index is 0.243. The van der Waals surface area contributed by atoms with Crippen molar-refractivity contribution in [2.24, 2.45) is 0 Å². The molecular weight excluding hydrogens is 470 g/mol. The van der Waals surface area contributed by atoms with Crippen LogP contribution < -0.4 is 18.9 Å². The molecule has 2 aromatic carbocycles. The maximum Gasteiger partial charge on any atom is 0.213 e. The second-order valence-corrected chi connectivity index (χ2v) is 10.5. The van der Waals surface area contributed by atoms with Crippen LogP contribution in [-0.4, -0.2) is 22.3 Å². The van der Waals surface area contributed by atoms with Crippen LogP contribution in [0, 0.1) is 13.8 Å². The van der Waals surface area contributed by atoms with Crippen molar-refractivity contribution < 1.29 is 14.6 Å². The standard InChI is InChI=1S/C29H35N3O3S/c1-19-15-27(34-14-13-29(4,5)33)30-21(3)28(19)24-8-6-7-22(17-24)18-35-25-11-9-23(10-12-25)26-16-20(2)31-36-32-26/h6-12,15,17,26,31-33H,2,13-14,16,18H2,1,3-5H3. The zero-order valence-electron chi connectivity index (χ0n) is 21.4. The molecule has 6 nitrogen and oxygen atoms in total. The van der Waals surface area contributed by atoms with Crippen LogP contribution in [0.5, 0.6) is 11.6 Å². The second kappa shape index (κ2) is 11.4. The summed E-state index contributed by atoms with van der Waals surface area (Å²) in [5.41, 5.74) is 6.79. The Kier molecular flexibility index (Phi) is 8.24. The lowest BCUT2D eigenvalue weighted by molar-refractivity contribution is 0.0547. The van der Waals surface area contributed by atoms with Gasteiger partial charge in [-0.15, -0.1) is 0 Å². The summed E-state index contributed by atoms with van der Waals surface area (Å²) in [4.78, 5) is 4.65. The Balaban J connectivity index is 1.40. The summed E-state index contributed by atoms with van der Waals surface area (Å²) in [6.45, 7) is 12.5. The molecule has 3 aromatic rings. The van der Waals surface area contributed by atoms with Crippen molar-refractivity contribution in [3.05, 3.63) is 89.3 Å². The number of hydrogen-bond acceptors (Lipinski definition) is 7. The van der Waals surface area contributed by atoms with Gasteiger partial charge in [-0.25, -0.2) is 9.71 Å². The van der Waals surface area contributed by atoms with E-state index in [0.717, 1.165) is 45.8 Å². The van der Waals surface area contributed by atoms with Crippen LogP contribution in [-0.2, 0) is 6.61 Å². The van der Waals surface area contributed by atoms with Crippen LogP contribution in [0.2, 0.25) is 0 Å². The maximum absolute atomic E-state index is 9.90. The molecule has 2 heterocycles. The van der Waals surface area contributed by atoms with Crippen molar-refractivity contribution in [2.75, 3.05) is 6.61 Å². The first-order valence-corrected chi connectivity index (χ1v) is 13.0. The lowest BCUT2D eigenvalue weighted by Gasteiger charge is -2.25. The van der Waals surface area contributed by atoms with Crippen LogP contribution in [0.4, 0.5) is 0 Å². The highest BCUT2D eigenvalue weighted by Crippen LogP contribution is 2.31. The Hall–Kier alpha value is -3.00. The summed E-state index contributed by atoms with van der Waals surface area (Å²) in [7, 11) is 0. The molecule has 1 aromatic heterocycles. The third-order valence-corrected chi connectivity index (χ3v) is 6.88. The topological polar surface area (TPSA) is 75.6 Å². The highest BCUT2D eigenvalue weighted by atomic mass is 32.2. The molecule has 7 heteroatoms. The summed E-state index contributed by atoms with van der Waals surface area (Å²) < 4.78 is 18.4. The minimum Gasteiger partial charge on any atom is -0.489 e. The molecule has 36 heavy (non-hydrogen) atoms. The number of nitrogens with one attached hydrogen (secondary N) is 2. The molecule has 0 bridgehead atoms. The first kappa shape index (κ1) is 26.1.